The molecule has 0 atom stereocenters. The summed E-state index contributed by atoms with van der Waals surface area (Å²) in [6.45, 7) is 11.5. The van der Waals surface area contributed by atoms with Gasteiger partial charge < -0.3 is 40.1 Å². The number of benzene rings is 6. The lowest BCUT2D eigenvalue weighted by atomic mass is 9.73. The Balaban J connectivity index is 0.000000139. The second kappa shape index (κ2) is 30.8. The summed E-state index contributed by atoms with van der Waals surface area (Å²) in [4.78, 5) is 100. The minimum atomic E-state index is -0.395. The van der Waals surface area contributed by atoms with Crippen molar-refractivity contribution >= 4 is 103 Å². The molecule has 2 spiro atoms. The number of hydrogen-bond donors (Lipinski definition) is 2. The molecule has 18 rings (SSSR count). The molecule has 4 aromatic heterocycles. The van der Waals surface area contributed by atoms with Gasteiger partial charge in [0.2, 0.25) is 0 Å². The molecule has 3 amide bonds. The van der Waals surface area contributed by atoms with Crippen molar-refractivity contribution in [1.82, 2.24) is 9.97 Å². The summed E-state index contributed by atoms with van der Waals surface area (Å²) >= 11 is 8.60. The second-order valence-corrected chi connectivity index (χ2v) is 32.8. The summed E-state index contributed by atoms with van der Waals surface area (Å²) in [7, 11) is 0. The van der Waals surface area contributed by atoms with Crippen molar-refractivity contribution in [3.8, 4) is 20.9 Å². The zero-order chi connectivity index (χ0) is 75.2. The number of pyridine rings is 2. The summed E-state index contributed by atoms with van der Waals surface area (Å²) < 4.78 is 39.9. The van der Waals surface area contributed by atoms with Crippen LogP contribution in [-0.4, -0.2) is 110 Å². The predicted molar refractivity (Wildman–Crippen MR) is 426 cm³/mol. The number of nitrogens with two attached hydrogens (primary N) is 1. The maximum Gasteiger partial charge on any atom is 0.259 e. The monoisotopic (exact) mass is 1520 g/mol. The van der Waals surface area contributed by atoms with Crippen molar-refractivity contribution in [2.24, 2.45) is 10.8 Å². The van der Waals surface area contributed by atoms with Crippen LogP contribution in [0.2, 0.25) is 0 Å². The number of fused-ring (bicyclic) bond motifs is 6. The van der Waals surface area contributed by atoms with E-state index in [2.05, 4.69) is 20.1 Å². The highest BCUT2D eigenvalue weighted by Gasteiger charge is 2.47. The van der Waals surface area contributed by atoms with Gasteiger partial charge in [-0.1, -0.05) is 60.7 Å². The highest BCUT2D eigenvalue weighted by Crippen LogP contribution is 2.49. The lowest BCUT2D eigenvalue weighted by Crippen LogP contribution is -2.59. The number of carbonyl (C=O) groups excluding carboxylic acids is 6. The van der Waals surface area contributed by atoms with Gasteiger partial charge in [0, 0.05) is 145 Å². The van der Waals surface area contributed by atoms with Crippen LogP contribution in [0.5, 0.6) is 0 Å². The highest BCUT2D eigenvalue weighted by atomic mass is 35.5. The van der Waals surface area contributed by atoms with Crippen LogP contribution in [0.4, 0.5) is 43.2 Å². The van der Waals surface area contributed by atoms with Crippen molar-refractivity contribution < 1.29 is 47.0 Å². The summed E-state index contributed by atoms with van der Waals surface area (Å²) in [6.07, 6.45) is 14.0. The van der Waals surface area contributed by atoms with Gasteiger partial charge >= 0.3 is 0 Å². The van der Waals surface area contributed by atoms with E-state index < -0.39 is 5.24 Å². The van der Waals surface area contributed by atoms with Crippen molar-refractivity contribution in [3.05, 3.63) is 258 Å². The number of nitrogens with zero attached hydrogens (tertiary/aromatic N) is 6. The fourth-order valence-corrected chi connectivity index (χ4v) is 18.6. The van der Waals surface area contributed by atoms with Crippen LogP contribution < -0.4 is 30.7 Å². The first-order chi connectivity index (χ1) is 52.8. The molecule has 0 radical (unpaired) electrons. The zero-order valence-corrected chi connectivity index (χ0v) is 63.2. The molecule has 10 aromatic rings. The Morgan fingerprint density at radius 3 is 1.39 bits per heavy atom. The minimum absolute atomic E-state index is 0.000767. The molecule has 2 aliphatic carbocycles. The number of hydrogen-bond acceptors (Lipinski definition) is 15. The molecular formula is C88H83ClF2N8O8S2. The van der Waals surface area contributed by atoms with Crippen LogP contribution in [0, 0.1) is 36.3 Å². The van der Waals surface area contributed by atoms with Gasteiger partial charge in [-0.2, -0.15) is 0 Å². The number of halogens is 3. The van der Waals surface area contributed by atoms with Crippen LogP contribution in [0.15, 0.2) is 170 Å². The summed E-state index contributed by atoms with van der Waals surface area (Å²) in [5, 5.41) is 2.68. The maximum absolute atomic E-state index is 14.5. The van der Waals surface area contributed by atoms with Gasteiger partial charge in [0.15, 0.2) is 11.6 Å². The molecule has 16 nitrogen and oxygen atoms in total. The minimum Gasteiger partial charge on any atom is -0.399 e. The number of ketones is 2. The van der Waals surface area contributed by atoms with Gasteiger partial charge in [-0.05, 0) is 243 Å². The number of ether oxygens (including phenoxy) is 2. The predicted octanol–water partition coefficient (Wildman–Crippen LogP) is 17.7. The number of amides is 3. The quantitative estimate of drug-likeness (QED) is 0.0559. The Labute approximate surface area is 645 Å². The number of carbonyl (C=O) groups is 6. The van der Waals surface area contributed by atoms with E-state index >= 15 is 0 Å². The fraction of sp³-hybridized carbons (Fsp3) is 0.318. The molecular weight excluding hydrogens is 1430 g/mol. The largest absolute Gasteiger partial charge is 0.399 e. The van der Waals surface area contributed by atoms with Crippen LogP contribution in [0.1, 0.15) is 168 Å². The summed E-state index contributed by atoms with van der Waals surface area (Å²) in [5.41, 5.74) is 19.9. The average molecular weight is 1520 g/mol. The SMILES string of the molecule is Cc1cccc(F)c1CC(=O)c1cc2c(s1)-c1ccccc1N(C(=O)c1ccc(N)cc1)CC2.Cc1cccc(F)c1CC(=O)c1cc2c(s1)-c1ccccc1N(C(=O)c1ccc(NC(=O)c3cc(C4CC4)cnc3N3CC4(CCOCC4)C3)cc1)CC2.O=C(Cl)c1cc(C2CC2)cnc1N1CC2(CCOCC2)C1. The Morgan fingerprint density at radius 2 is 0.963 bits per heavy atom. The van der Waals surface area contributed by atoms with E-state index in [0.29, 0.717) is 97.7 Å². The molecule has 6 aromatic carbocycles. The average Bonchev–Trinajstić information content (AvgIpc) is 0.786. The van der Waals surface area contributed by atoms with Gasteiger partial charge in [-0.3, -0.25) is 28.8 Å². The van der Waals surface area contributed by atoms with Crippen LogP contribution >= 0.6 is 34.3 Å². The highest BCUT2D eigenvalue weighted by molar-refractivity contribution is 7.18. The molecule has 2 saturated carbocycles. The van der Waals surface area contributed by atoms with Crippen molar-refractivity contribution in [3.63, 3.8) is 0 Å². The third-order valence-corrected chi connectivity index (χ3v) is 25.5. The van der Waals surface area contributed by atoms with Gasteiger partial charge in [0.05, 0.1) is 32.3 Å². The number of nitrogens with one attached hydrogen (secondary N) is 1. The van der Waals surface area contributed by atoms with Crippen LogP contribution in [0.25, 0.3) is 20.9 Å². The normalized spacial score (nSPS) is 17.1. The Bertz CT molecular complexity index is 5160. The Hall–Kier alpha value is -10.1. The first-order valence-corrected chi connectivity index (χ1v) is 39.6. The van der Waals surface area contributed by atoms with E-state index in [1.54, 1.807) is 70.5 Å². The first kappa shape index (κ1) is 73.1. The standard InChI is InChI=1S/C44H41FN4O4S.C28H23FN2O2S.C16H19ClN2O2/c1-27-5-4-7-36(45)34(27)23-38(50)39-22-30-15-18-49(37-8-3-2-6-33(37)40(30)54-39)43(52)29-11-13-32(14-12-29)47-42(51)35-21-31(28-9-10-28)24-46-41(35)48-25-44(26-48)16-19-53-20-17-44;1-17-5-4-7-23(29)22(17)16-25(32)26-15-19-13-14-31(28(33)18-9-11-20(30)12-10-18)24-8-3-2-6-21(24)27(19)34-26;17-14(20)13-7-12(11-1-2-11)8-18-15(13)19-9-16(10-19)3-5-21-6-4-16/h2-8,11-14,21-22,24,28H,9-10,15-20,23,25-26H2,1H3,(H,47,51);2-12,15H,13-14,16,30H2,1H3;7-8,11H,1-6,9-10H2. The van der Waals surface area contributed by atoms with E-state index in [1.807, 2.05) is 111 Å². The molecule has 8 aliphatic rings. The van der Waals surface area contributed by atoms with Crippen molar-refractivity contribution in [2.75, 3.05) is 96.3 Å². The Morgan fingerprint density at radius 1 is 0.541 bits per heavy atom. The van der Waals surface area contributed by atoms with Gasteiger partial charge in [0.1, 0.15) is 23.3 Å². The molecule has 0 bridgehead atoms. The van der Waals surface area contributed by atoms with E-state index in [1.165, 1.54) is 47.6 Å². The third-order valence-electron chi connectivity index (χ3n) is 22.8. The molecule has 10 heterocycles. The number of anilines is 6. The van der Waals surface area contributed by atoms with Gasteiger partial charge in [0.25, 0.3) is 23.0 Å². The van der Waals surface area contributed by atoms with Gasteiger partial charge in [-0.25, -0.2) is 18.7 Å². The fourth-order valence-electron chi connectivity index (χ4n) is 16.1. The zero-order valence-electron chi connectivity index (χ0n) is 60.9. The first-order valence-electron chi connectivity index (χ1n) is 37.6. The molecule has 556 valence electrons. The van der Waals surface area contributed by atoms with E-state index in [0.717, 1.165) is 168 Å². The number of para-hydroxylation sites is 2. The van der Waals surface area contributed by atoms with Gasteiger partial charge in [-0.15, -0.1) is 22.7 Å². The molecule has 6 fully saturated rings. The lowest BCUT2D eigenvalue weighted by Gasteiger charge is -2.53. The number of rotatable bonds is 15. The van der Waals surface area contributed by atoms with Crippen molar-refractivity contribution in [2.45, 2.75) is 103 Å². The third kappa shape index (κ3) is 15.4. The van der Waals surface area contributed by atoms with E-state index in [9.17, 15) is 37.5 Å². The number of nitrogen functional groups attached to an aromatic ring is 1. The molecule has 0 unspecified atom stereocenters. The van der Waals surface area contributed by atoms with Crippen molar-refractivity contribution in [1.29, 1.82) is 0 Å². The Kier molecular flexibility index (Phi) is 20.6. The van der Waals surface area contributed by atoms with E-state index in [-0.39, 0.29) is 59.2 Å². The topological polar surface area (TPSA) is 198 Å². The summed E-state index contributed by atoms with van der Waals surface area (Å²) in [5.74, 6) is 1.16. The molecule has 3 N–H and O–H groups in total. The molecule has 4 saturated heterocycles. The number of Topliss-reactive ketones (excluding diaryl/α,β-unsaturated/α-hetero) is 2. The molecule has 6 aliphatic heterocycles. The number of thiophene rings is 2. The maximum atomic E-state index is 14.5. The van der Waals surface area contributed by atoms with E-state index in [4.69, 9.17) is 31.8 Å². The lowest BCUT2D eigenvalue weighted by molar-refractivity contribution is -0.000649. The number of aryl methyl sites for hydroxylation is 2. The second-order valence-electron chi connectivity index (χ2n) is 30.3. The molecule has 109 heavy (non-hydrogen) atoms. The smallest absolute Gasteiger partial charge is 0.259 e. The van der Waals surface area contributed by atoms with Crippen LogP contribution in [-0.2, 0) is 35.2 Å². The molecule has 21 heteroatoms. The number of aromatic nitrogens is 2. The summed E-state index contributed by atoms with van der Waals surface area (Å²) in [6, 6.07) is 47.0. The van der Waals surface area contributed by atoms with Crippen LogP contribution in [0.3, 0.4) is 0 Å².